The van der Waals surface area contributed by atoms with E-state index in [1.165, 1.54) is 4.31 Å². The molecule has 0 aromatic rings. The van der Waals surface area contributed by atoms with Gasteiger partial charge in [0, 0.05) is 19.5 Å². The summed E-state index contributed by atoms with van der Waals surface area (Å²) in [6.45, 7) is 8.75. The zero-order valence-electron chi connectivity index (χ0n) is 12.3. The third-order valence-electron chi connectivity index (χ3n) is 2.36. The van der Waals surface area contributed by atoms with Crippen LogP contribution in [0.4, 0.5) is 0 Å². The minimum atomic E-state index is -3.32. The minimum Gasteiger partial charge on any atom is -0.393 e. The molecule has 114 valence electrons. The first-order chi connectivity index (χ1) is 8.65. The summed E-state index contributed by atoms with van der Waals surface area (Å²) in [7, 11) is -3.32. The molecule has 0 radical (unpaired) electrons. The monoisotopic (exact) mass is 310 g/mol. The van der Waals surface area contributed by atoms with Gasteiger partial charge < -0.3 is 10.5 Å². The number of hydrogen-bond donors (Lipinski definition) is 1. The fourth-order valence-corrected chi connectivity index (χ4v) is 3.06. The molecule has 0 amide bonds. The Morgan fingerprint density at radius 3 is 2.32 bits per heavy atom. The maximum Gasteiger partial charge on any atom is 0.216 e. The molecule has 0 unspecified atom stereocenters. The zero-order chi connectivity index (χ0) is 15.1. The van der Waals surface area contributed by atoms with Crippen molar-refractivity contribution < 1.29 is 13.2 Å². The Kier molecular flexibility index (Phi) is 8.73. The third kappa shape index (κ3) is 9.32. The number of sulfonamides is 1. The fourth-order valence-electron chi connectivity index (χ4n) is 1.50. The largest absolute Gasteiger partial charge is 0.393 e. The molecule has 19 heavy (non-hydrogen) atoms. The minimum absolute atomic E-state index is 0.00473. The van der Waals surface area contributed by atoms with E-state index in [9.17, 15) is 8.42 Å². The number of hydrogen-bond acceptors (Lipinski definition) is 4. The molecule has 2 N–H and O–H groups in total. The Morgan fingerprint density at radius 2 is 1.89 bits per heavy atom. The van der Waals surface area contributed by atoms with E-state index in [0.29, 0.717) is 24.5 Å². The van der Waals surface area contributed by atoms with Gasteiger partial charge in [0.25, 0.3) is 0 Å². The Bertz CT molecular complexity index is 367. The van der Waals surface area contributed by atoms with Crippen molar-refractivity contribution >= 4 is 27.2 Å². The van der Waals surface area contributed by atoms with Crippen molar-refractivity contribution in [3.05, 3.63) is 0 Å². The highest BCUT2D eigenvalue weighted by atomic mass is 32.2. The molecule has 0 aliphatic heterocycles. The topological polar surface area (TPSA) is 72.6 Å². The maximum absolute atomic E-state index is 12.2. The normalized spacial score (nSPS) is 12.6. The van der Waals surface area contributed by atoms with Crippen molar-refractivity contribution in [1.29, 1.82) is 0 Å². The summed E-state index contributed by atoms with van der Waals surface area (Å²) in [4.78, 5) is 0.336. The first-order valence-electron chi connectivity index (χ1n) is 6.53. The summed E-state index contributed by atoms with van der Waals surface area (Å²) in [6.07, 6.45) is 0.442. The van der Waals surface area contributed by atoms with Gasteiger partial charge in [0.15, 0.2) is 0 Å². The SMILES string of the molecule is CC(C)CN(CCC(N)=S)S(=O)(=O)CCOC(C)C. The molecule has 0 aliphatic carbocycles. The van der Waals surface area contributed by atoms with E-state index in [1.807, 2.05) is 27.7 Å². The van der Waals surface area contributed by atoms with Gasteiger partial charge in [-0.15, -0.1) is 0 Å². The van der Waals surface area contributed by atoms with Gasteiger partial charge in [-0.2, -0.15) is 0 Å². The summed E-state index contributed by atoms with van der Waals surface area (Å²) >= 11 is 4.80. The second kappa shape index (κ2) is 8.84. The molecule has 0 saturated heterocycles. The van der Waals surface area contributed by atoms with Crippen LogP contribution in [0.1, 0.15) is 34.1 Å². The molecule has 0 spiro atoms. The van der Waals surface area contributed by atoms with Crippen LogP contribution >= 0.6 is 12.2 Å². The van der Waals surface area contributed by atoms with Crippen LogP contribution in [0.2, 0.25) is 0 Å². The highest BCUT2D eigenvalue weighted by Crippen LogP contribution is 2.08. The summed E-state index contributed by atoms with van der Waals surface area (Å²) in [5, 5.41) is 0. The number of ether oxygens (including phenoxy) is 1. The van der Waals surface area contributed by atoms with Gasteiger partial charge in [-0.05, 0) is 19.8 Å². The Balaban J connectivity index is 4.56. The predicted octanol–water partition coefficient (Wildman–Crippen LogP) is 1.38. The van der Waals surface area contributed by atoms with Crippen LogP contribution in [0.5, 0.6) is 0 Å². The predicted molar refractivity (Wildman–Crippen MR) is 82.7 cm³/mol. The van der Waals surface area contributed by atoms with E-state index in [2.05, 4.69) is 0 Å². The van der Waals surface area contributed by atoms with Crippen molar-refractivity contribution in [1.82, 2.24) is 4.31 Å². The van der Waals surface area contributed by atoms with E-state index < -0.39 is 10.0 Å². The Morgan fingerprint density at radius 1 is 1.32 bits per heavy atom. The number of nitrogens with two attached hydrogens (primary N) is 1. The van der Waals surface area contributed by atoms with E-state index in [0.717, 1.165) is 0 Å². The molecule has 0 saturated carbocycles. The van der Waals surface area contributed by atoms with Crippen LogP contribution in [-0.4, -0.2) is 49.3 Å². The standard InChI is InChI=1S/C12H26N2O3S2/c1-10(2)9-14(6-5-12(13)18)19(15,16)8-7-17-11(3)4/h10-11H,5-9H2,1-4H3,(H2,13,18). The second-order valence-corrected chi connectivity index (χ2v) is 7.82. The molecule has 0 rings (SSSR count). The highest BCUT2D eigenvalue weighted by Gasteiger charge is 2.22. The van der Waals surface area contributed by atoms with Gasteiger partial charge in [0.1, 0.15) is 0 Å². The molecule has 5 nitrogen and oxygen atoms in total. The average Bonchev–Trinajstić information content (AvgIpc) is 2.22. The van der Waals surface area contributed by atoms with Crippen LogP contribution in [0.3, 0.4) is 0 Å². The molecular weight excluding hydrogens is 284 g/mol. The second-order valence-electron chi connectivity index (χ2n) is 5.20. The lowest BCUT2D eigenvalue weighted by Gasteiger charge is -2.24. The van der Waals surface area contributed by atoms with Gasteiger partial charge in [-0.1, -0.05) is 26.1 Å². The van der Waals surface area contributed by atoms with Crippen molar-refractivity contribution in [2.24, 2.45) is 11.7 Å². The number of thiocarbonyl (C=S) groups is 1. The van der Waals surface area contributed by atoms with Crippen molar-refractivity contribution in [2.75, 3.05) is 25.4 Å². The van der Waals surface area contributed by atoms with Crippen LogP contribution in [0, 0.1) is 5.92 Å². The van der Waals surface area contributed by atoms with Crippen molar-refractivity contribution in [2.45, 2.75) is 40.2 Å². The molecule has 0 fully saturated rings. The molecule has 0 atom stereocenters. The van der Waals surface area contributed by atoms with E-state index in [1.54, 1.807) is 0 Å². The lowest BCUT2D eigenvalue weighted by Crippen LogP contribution is -2.39. The zero-order valence-corrected chi connectivity index (χ0v) is 13.9. The summed E-state index contributed by atoms with van der Waals surface area (Å²) in [5.74, 6) is 0.252. The summed E-state index contributed by atoms with van der Waals surface area (Å²) in [5.41, 5.74) is 5.44. The first-order valence-corrected chi connectivity index (χ1v) is 8.54. The van der Waals surface area contributed by atoms with Crippen molar-refractivity contribution in [3.63, 3.8) is 0 Å². The average molecular weight is 310 g/mol. The molecule has 0 heterocycles. The smallest absolute Gasteiger partial charge is 0.216 e. The third-order valence-corrected chi connectivity index (χ3v) is 4.37. The van der Waals surface area contributed by atoms with E-state index in [-0.39, 0.29) is 24.4 Å². The van der Waals surface area contributed by atoms with Gasteiger partial charge in [-0.25, -0.2) is 12.7 Å². The molecular formula is C12H26N2O3S2. The quantitative estimate of drug-likeness (QED) is 0.617. The highest BCUT2D eigenvalue weighted by molar-refractivity contribution is 7.89. The van der Waals surface area contributed by atoms with Gasteiger partial charge in [-0.3, -0.25) is 0 Å². The van der Waals surface area contributed by atoms with Crippen LogP contribution in [0.15, 0.2) is 0 Å². The number of rotatable bonds is 10. The van der Waals surface area contributed by atoms with Crippen LogP contribution < -0.4 is 5.73 Å². The van der Waals surface area contributed by atoms with Gasteiger partial charge in [0.05, 0.1) is 23.5 Å². The molecule has 0 aliphatic rings. The van der Waals surface area contributed by atoms with E-state index >= 15 is 0 Å². The summed E-state index contributed by atoms with van der Waals surface area (Å²) < 4.78 is 31.2. The molecule has 0 aromatic heterocycles. The number of nitrogens with zero attached hydrogens (tertiary/aromatic N) is 1. The maximum atomic E-state index is 12.2. The lowest BCUT2D eigenvalue weighted by atomic mass is 10.2. The first kappa shape index (κ1) is 18.8. The van der Waals surface area contributed by atoms with Gasteiger partial charge in [0.2, 0.25) is 10.0 Å². The van der Waals surface area contributed by atoms with Crippen molar-refractivity contribution in [3.8, 4) is 0 Å². The Labute approximate surface area is 122 Å². The molecule has 7 heteroatoms. The van der Waals surface area contributed by atoms with E-state index in [4.69, 9.17) is 22.7 Å². The van der Waals surface area contributed by atoms with Gasteiger partial charge >= 0.3 is 0 Å². The summed E-state index contributed by atoms with van der Waals surface area (Å²) in [6, 6.07) is 0. The molecule has 0 aromatic carbocycles. The van der Waals surface area contributed by atoms with Crippen LogP contribution in [-0.2, 0) is 14.8 Å². The lowest BCUT2D eigenvalue weighted by molar-refractivity contribution is 0.0906. The molecule has 0 bridgehead atoms. The van der Waals surface area contributed by atoms with Crippen LogP contribution in [0.25, 0.3) is 0 Å². The fraction of sp³-hybridized carbons (Fsp3) is 0.917. The Hall–Kier alpha value is -0.240.